The summed E-state index contributed by atoms with van der Waals surface area (Å²) in [5.41, 5.74) is 13.5. The fourth-order valence-corrected chi connectivity index (χ4v) is 4.94. The molecule has 0 aromatic heterocycles. The molecule has 3 nitrogen and oxygen atoms in total. The van der Waals surface area contributed by atoms with E-state index in [1.807, 2.05) is 60.7 Å². The van der Waals surface area contributed by atoms with Gasteiger partial charge in [0.15, 0.2) is 0 Å². The molecule has 3 aromatic carbocycles. The molecule has 0 saturated carbocycles. The molecule has 0 spiro atoms. The third-order valence-corrected chi connectivity index (χ3v) is 7.49. The highest BCUT2D eigenvalue weighted by Gasteiger charge is 2.20. The first kappa shape index (κ1) is 27.4. The van der Waals surface area contributed by atoms with Crippen molar-refractivity contribution in [1.82, 2.24) is 5.43 Å². The predicted molar refractivity (Wildman–Crippen MR) is 157 cm³/mol. The van der Waals surface area contributed by atoms with Crippen LogP contribution >= 0.6 is 69.6 Å². The van der Waals surface area contributed by atoms with Crippen LogP contribution in [0.5, 0.6) is 0 Å². The Kier molecular flexibility index (Phi) is 9.74. The molecule has 1 aliphatic rings. The quantitative estimate of drug-likeness (QED) is 0.248. The third kappa shape index (κ3) is 6.45. The van der Waals surface area contributed by atoms with E-state index in [1.165, 1.54) is 0 Å². The zero-order chi connectivity index (χ0) is 25.7. The second-order valence-corrected chi connectivity index (χ2v) is 9.96. The van der Waals surface area contributed by atoms with Crippen LogP contribution in [0, 0.1) is 0 Å². The van der Waals surface area contributed by atoms with Gasteiger partial charge in [-0.15, -0.1) is 69.6 Å². The minimum Gasteiger partial charge on any atom is -0.277 e. The maximum atomic E-state index is 6.18. The molecule has 36 heavy (non-hydrogen) atoms. The molecule has 1 heterocycles. The Bertz CT molecular complexity index is 1240. The van der Waals surface area contributed by atoms with Crippen LogP contribution in [0.3, 0.4) is 0 Å². The smallest absolute Gasteiger partial charge is 0.0950 e. The number of alkyl halides is 6. The zero-order valence-corrected chi connectivity index (χ0v) is 23.7. The summed E-state index contributed by atoms with van der Waals surface area (Å²) in [7, 11) is 0. The minimum absolute atomic E-state index is 0.360. The molecule has 0 saturated heterocycles. The molecule has 0 bridgehead atoms. The summed E-state index contributed by atoms with van der Waals surface area (Å²) in [5, 5.41) is 6.66. The van der Waals surface area contributed by atoms with Crippen LogP contribution in [-0.2, 0) is 35.3 Å². The summed E-state index contributed by atoms with van der Waals surface area (Å²) in [4.78, 5) is 0. The number of halogens is 6. The molecular weight excluding hydrogens is 579 g/mol. The third-order valence-electron chi connectivity index (χ3n) is 5.63. The van der Waals surface area contributed by atoms with Crippen molar-refractivity contribution >= 4 is 86.7 Å². The topological polar surface area (TPSA) is 27.6 Å². The fourth-order valence-electron chi connectivity index (χ4n) is 4.01. The largest absolute Gasteiger partial charge is 0.277 e. The summed E-state index contributed by atoms with van der Waals surface area (Å²) in [6, 6.07) is 18.1. The Morgan fingerprint density at radius 2 is 0.917 bits per heavy atom. The lowest BCUT2D eigenvalue weighted by Gasteiger charge is -2.29. The summed E-state index contributed by atoms with van der Waals surface area (Å²) >= 11 is 37.1. The number of nitrogens with one attached hydrogen (secondary N) is 1. The molecule has 0 radical (unpaired) electrons. The number of hydrogen-bond acceptors (Lipinski definition) is 3. The number of allylic oxidation sites excluding steroid dienone is 1. The van der Waals surface area contributed by atoms with Crippen molar-refractivity contribution in [2.45, 2.75) is 35.3 Å². The van der Waals surface area contributed by atoms with Crippen LogP contribution < -0.4 is 10.5 Å². The van der Waals surface area contributed by atoms with E-state index in [0.717, 1.165) is 61.6 Å². The highest BCUT2D eigenvalue weighted by Crippen LogP contribution is 2.28. The van der Waals surface area contributed by atoms with Gasteiger partial charge in [0.25, 0.3) is 0 Å². The average molecular weight is 602 g/mol. The Morgan fingerprint density at radius 1 is 0.528 bits per heavy atom. The molecule has 0 unspecified atom stereocenters. The van der Waals surface area contributed by atoms with Gasteiger partial charge in [-0.1, -0.05) is 18.2 Å². The number of benzene rings is 3. The van der Waals surface area contributed by atoms with E-state index < -0.39 is 0 Å². The number of hydrogen-bond donors (Lipinski definition) is 1. The van der Waals surface area contributed by atoms with Gasteiger partial charge in [-0.25, -0.2) is 0 Å². The van der Waals surface area contributed by atoms with Crippen molar-refractivity contribution in [1.29, 1.82) is 0 Å². The van der Waals surface area contributed by atoms with Crippen molar-refractivity contribution in [3.63, 3.8) is 0 Å². The van der Waals surface area contributed by atoms with Crippen LogP contribution in [-0.4, -0.2) is 5.71 Å². The normalized spacial score (nSPS) is 13.3. The first-order valence-electron chi connectivity index (χ1n) is 11.1. The fraction of sp³-hybridized carbons (Fsp3) is 0.222. The van der Waals surface area contributed by atoms with Gasteiger partial charge < -0.3 is 0 Å². The van der Waals surface area contributed by atoms with E-state index in [4.69, 9.17) is 74.7 Å². The van der Waals surface area contributed by atoms with Gasteiger partial charge in [-0.2, -0.15) is 10.2 Å². The molecule has 1 N–H and O–H groups in total. The van der Waals surface area contributed by atoms with E-state index in [1.54, 1.807) is 5.12 Å². The SMILES string of the molecule is ClCc1cc(CCl)cc(C2=CC(c3cc(CCl)cc(CCl)c3)=NN(c3cc(CCl)cc(CCl)c3)N2)c1. The molecule has 1 aliphatic heterocycles. The van der Waals surface area contributed by atoms with Crippen molar-refractivity contribution in [2.24, 2.45) is 5.10 Å². The monoisotopic (exact) mass is 599 g/mol. The molecule has 188 valence electrons. The van der Waals surface area contributed by atoms with Crippen molar-refractivity contribution < 1.29 is 0 Å². The first-order chi connectivity index (χ1) is 17.5. The lowest BCUT2D eigenvalue weighted by atomic mass is 10.00. The molecule has 3 aromatic rings. The molecule has 0 fully saturated rings. The highest BCUT2D eigenvalue weighted by molar-refractivity contribution is 6.19. The van der Waals surface area contributed by atoms with Gasteiger partial charge in [0.2, 0.25) is 0 Å². The Balaban J connectivity index is 1.88. The average Bonchev–Trinajstić information content (AvgIpc) is 2.95. The number of rotatable bonds is 9. The van der Waals surface area contributed by atoms with E-state index in [9.17, 15) is 0 Å². The molecule has 0 atom stereocenters. The Hall–Kier alpha value is -1.59. The highest BCUT2D eigenvalue weighted by atomic mass is 35.5. The van der Waals surface area contributed by atoms with Gasteiger partial charge in [0.05, 0.1) is 17.1 Å². The van der Waals surface area contributed by atoms with Crippen molar-refractivity contribution in [3.8, 4) is 0 Å². The summed E-state index contributed by atoms with van der Waals surface area (Å²) in [5.74, 6) is 2.22. The van der Waals surface area contributed by atoms with Crippen LogP contribution in [0.2, 0.25) is 0 Å². The van der Waals surface area contributed by atoms with E-state index >= 15 is 0 Å². The summed E-state index contributed by atoms with van der Waals surface area (Å²) < 4.78 is 0. The summed E-state index contributed by atoms with van der Waals surface area (Å²) in [6.45, 7) is 0. The Labute approximate surface area is 241 Å². The van der Waals surface area contributed by atoms with Crippen LogP contribution in [0.4, 0.5) is 5.69 Å². The molecule has 0 amide bonds. The Morgan fingerprint density at radius 3 is 1.33 bits per heavy atom. The minimum atomic E-state index is 0.360. The van der Waals surface area contributed by atoms with Gasteiger partial charge in [-0.3, -0.25) is 5.43 Å². The second kappa shape index (κ2) is 12.8. The number of nitrogens with zero attached hydrogens (tertiary/aromatic N) is 2. The second-order valence-electron chi connectivity index (χ2n) is 8.35. The van der Waals surface area contributed by atoms with E-state index in [-0.39, 0.29) is 0 Å². The standard InChI is InChI=1S/C27H23Cl6N3/c28-11-17-1-18(12-29)5-23(4-17)26-10-27(24-6-19(13-30)2-20(7-24)14-31)35-36(34-26)25-8-21(15-32)3-22(9-25)16-33/h1-10,34H,11-16H2. The van der Waals surface area contributed by atoms with Gasteiger partial charge in [0.1, 0.15) is 0 Å². The number of hydrazone groups is 1. The van der Waals surface area contributed by atoms with Gasteiger partial charge >= 0.3 is 0 Å². The maximum absolute atomic E-state index is 6.18. The maximum Gasteiger partial charge on any atom is 0.0950 e. The number of anilines is 1. The molecule has 9 heteroatoms. The van der Waals surface area contributed by atoms with Crippen LogP contribution in [0.1, 0.15) is 44.5 Å². The van der Waals surface area contributed by atoms with E-state index in [2.05, 4.69) is 5.43 Å². The first-order valence-corrected chi connectivity index (χ1v) is 14.3. The van der Waals surface area contributed by atoms with Crippen molar-refractivity contribution in [3.05, 3.63) is 105 Å². The molecule has 0 aliphatic carbocycles. The van der Waals surface area contributed by atoms with Crippen LogP contribution in [0.15, 0.2) is 65.8 Å². The van der Waals surface area contributed by atoms with Gasteiger partial charge in [0, 0.05) is 46.4 Å². The zero-order valence-electron chi connectivity index (χ0n) is 19.2. The lowest BCUT2D eigenvalue weighted by molar-refractivity contribution is 0.785. The number of hydrazine groups is 1. The van der Waals surface area contributed by atoms with E-state index in [0.29, 0.717) is 35.3 Å². The summed E-state index contributed by atoms with van der Waals surface area (Å²) in [6.07, 6.45) is 2.00. The molecule has 4 rings (SSSR count). The predicted octanol–water partition coefficient (Wildman–Crippen LogP) is 8.89. The lowest BCUT2D eigenvalue weighted by Crippen LogP contribution is -2.37. The van der Waals surface area contributed by atoms with Crippen LogP contribution in [0.25, 0.3) is 5.70 Å². The van der Waals surface area contributed by atoms with Crippen molar-refractivity contribution in [2.75, 3.05) is 5.12 Å². The van der Waals surface area contributed by atoms with Gasteiger partial charge in [-0.05, 0) is 75.9 Å². The molecular formula is C27H23Cl6N3.